The maximum absolute atomic E-state index is 5.05. The zero-order valence-corrected chi connectivity index (χ0v) is 19.9. The number of hydrogen-bond acceptors (Lipinski definition) is 1. The highest BCUT2D eigenvalue weighted by atomic mass is 15.4. The molecule has 2 heterocycles. The summed E-state index contributed by atoms with van der Waals surface area (Å²) in [6, 6.07) is 38.4. The zero-order chi connectivity index (χ0) is 23.8. The van der Waals surface area contributed by atoms with Crippen LogP contribution in [0, 0.1) is 6.92 Å². The van der Waals surface area contributed by atoms with Crippen LogP contribution in [0.25, 0.3) is 50.1 Å². The van der Waals surface area contributed by atoms with Gasteiger partial charge in [0.1, 0.15) is 11.2 Å². The summed E-state index contributed by atoms with van der Waals surface area (Å²) in [5.74, 6) is 0. The number of nitrogens with zero attached hydrogens (tertiary/aromatic N) is 3. The zero-order valence-electron chi connectivity index (χ0n) is 19.9. The molecule has 6 rings (SSSR count). The summed E-state index contributed by atoms with van der Waals surface area (Å²) in [6.45, 7) is 2.17. The number of aryl methyl sites for hydroxylation is 2. The van der Waals surface area contributed by atoms with Crippen molar-refractivity contribution in [3.63, 3.8) is 0 Å². The first-order valence-corrected chi connectivity index (χ1v) is 11.9. The molecule has 0 saturated heterocycles. The molecule has 0 amide bonds. The molecule has 0 N–H and O–H groups in total. The molecule has 0 spiro atoms. The minimum atomic E-state index is 0.976. The highest BCUT2D eigenvalue weighted by Gasteiger charge is 2.19. The molecule has 0 atom stereocenters. The van der Waals surface area contributed by atoms with Gasteiger partial charge in [-0.2, -0.15) is 0 Å². The van der Waals surface area contributed by atoms with Gasteiger partial charge in [0.15, 0.2) is 7.05 Å². The van der Waals surface area contributed by atoms with E-state index < -0.39 is 0 Å². The molecule has 168 valence electrons. The highest BCUT2D eigenvalue weighted by molar-refractivity contribution is 5.93. The minimum Gasteiger partial charge on any atom is -0.254 e. The second-order valence-electron chi connectivity index (χ2n) is 8.89. The lowest BCUT2D eigenvalue weighted by Gasteiger charge is -2.17. The average Bonchev–Trinajstić information content (AvgIpc) is 3.24. The van der Waals surface area contributed by atoms with E-state index in [0.717, 1.165) is 16.9 Å². The molecule has 0 saturated carbocycles. The van der Waals surface area contributed by atoms with Gasteiger partial charge in [-0.1, -0.05) is 91.0 Å². The standard InChI is InChI=1S/C32H26N3/c1-23-20-29(33-21-31(23)35-30-19-10-9-16-26(30)22-34(35)2)32-27(24-12-5-3-6-13-24)17-11-18-28(32)25-14-7-4-8-15-25/h3-22H,1-2H3/q+1. The summed E-state index contributed by atoms with van der Waals surface area (Å²) in [6.07, 6.45) is 4.16. The molecule has 4 aromatic carbocycles. The summed E-state index contributed by atoms with van der Waals surface area (Å²) in [7, 11) is 2.07. The molecule has 6 aromatic rings. The van der Waals surface area contributed by atoms with Crippen LogP contribution < -0.4 is 4.68 Å². The molecule has 0 aliphatic heterocycles. The van der Waals surface area contributed by atoms with Gasteiger partial charge in [-0.3, -0.25) is 4.98 Å². The van der Waals surface area contributed by atoms with Crippen LogP contribution in [0.3, 0.4) is 0 Å². The average molecular weight is 453 g/mol. The quantitative estimate of drug-likeness (QED) is 0.260. The SMILES string of the molecule is Cc1cc(-c2c(-c3ccccc3)cccc2-c2ccccc2)ncc1-n1c2ccccc2c[n+]1C. The summed E-state index contributed by atoms with van der Waals surface area (Å²) in [5, 5.41) is 1.21. The Labute approximate surface area is 205 Å². The van der Waals surface area contributed by atoms with E-state index in [0.29, 0.717) is 0 Å². The van der Waals surface area contributed by atoms with Gasteiger partial charge in [-0.15, -0.1) is 9.36 Å². The smallest absolute Gasteiger partial charge is 0.203 e. The lowest BCUT2D eigenvalue weighted by atomic mass is 9.89. The van der Waals surface area contributed by atoms with Crippen molar-refractivity contribution < 1.29 is 4.68 Å². The fraction of sp³-hybridized carbons (Fsp3) is 0.0625. The third-order valence-electron chi connectivity index (χ3n) is 6.61. The van der Waals surface area contributed by atoms with Crippen LogP contribution in [-0.2, 0) is 7.05 Å². The molecule has 0 aliphatic carbocycles. The molecule has 0 unspecified atom stereocenters. The van der Waals surface area contributed by atoms with Crippen molar-refractivity contribution in [3.8, 4) is 39.2 Å². The van der Waals surface area contributed by atoms with Gasteiger partial charge >= 0.3 is 0 Å². The van der Waals surface area contributed by atoms with Crippen molar-refractivity contribution in [1.82, 2.24) is 9.67 Å². The van der Waals surface area contributed by atoms with Crippen LogP contribution in [0.2, 0.25) is 0 Å². The molecule has 0 aliphatic rings. The van der Waals surface area contributed by atoms with Crippen LogP contribution in [0.1, 0.15) is 5.56 Å². The molecule has 0 bridgehead atoms. The number of aromatic nitrogens is 3. The Morgan fingerprint density at radius 3 is 1.91 bits per heavy atom. The molecule has 0 radical (unpaired) electrons. The Morgan fingerprint density at radius 2 is 1.29 bits per heavy atom. The highest BCUT2D eigenvalue weighted by Crippen LogP contribution is 2.39. The maximum Gasteiger partial charge on any atom is 0.203 e. The number of pyridine rings is 1. The lowest BCUT2D eigenvalue weighted by molar-refractivity contribution is -0.741. The lowest BCUT2D eigenvalue weighted by Crippen LogP contribution is -2.37. The predicted octanol–water partition coefficient (Wildman–Crippen LogP) is 7.16. The number of para-hydroxylation sites is 1. The van der Waals surface area contributed by atoms with Crippen molar-refractivity contribution in [2.75, 3.05) is 0 Å². The molecule has 2 aromatic heterocycles. The second kappa shape index (κ2) is 8.69. The number of fused-ring (bicyclic) bond motifs is 1. The van der Waals surface area contributed by atoms with Crippen molar-refractivity contribution in [3.05, 3.63) is 127 Å². The van der Waals surface area contributed by atoms with Gasteiger partial charge in [-0.25, -0.2) is 0 Å². The van der Waals surface area contributed by atoms with Crippen LogP contribution in [0.15, 0.2) is 122 Å². The fourth-order valence-electron chi connectivity index (χ4n) is 4.97. The van der Waals surface area contributed by atoms with Crippen LogP contribution in [0.4, 0.5) is 0 Å². The Kier molecular flexibility index (Phi) is 5.23. The van der Waals surface area contributed by atoms with E-state index >= 15 is 0 Å². The minimum absolute atomic E-state index is 0.976. The van der Waals surface area contributed by atoms with Crippen LogP contribution >= 0.6 is 0 Å². The van der Waals surface area contributed by atoms with E-state index in [1.807, 2.05) is 6.20 Å². The fourth-order valence-corrected chi connectivity index (χ4v) is 4.97. The van der Waals surface area contributed by atoms with Crippen molar-refractivity contribution in [2.24, 2.45) is 7.05 Å². The van der Waals surface area contributed by atoms with Crippen LogP contribution in [-0.4, -0.2) is 9.67 Å². The summed E-state index contributed by atoms with van der Waals surface area (Å²) in [4.78, 5) is 5.05. The van der Waals surface area contributed by atoms with E-state index in [1.54, 1.807) is 0 Å². The first kappa shape index (κ1) is 21.1. The Balaban J connectivity index is 1.57. The van der Waals surface area contributed by atoms with E-state index in [-0.39, 0.29) is 0 Å². The monoisotopic (exact) mass is 452 g/mol. The topological polar surface area (TPSA) is 21.7 Å². The van der Waals surface area contributed by atoms with E-state index in [1.165, 1.54) is 38.7 Å². The molecule has 3 nitrogen and oxygen atoms in total. The third kappa shape index (κ3) is 3.71. The summed E-state index contributed by atoms with van der Waals surface area (Å²) in [5.41, 5.74) is 10.3. The first-order valence-electron chi connectivity index (χ1n) is 11.9. The molecule has 35 heavy (non-hydrogen) atoms. The molecule has 3 heteroatoms. The molecule has 0 fully saturated rings. The van der Waals surface area contributed by atoms with Crippen molar-refractivity contribution >= 4 is 10.9 Å². The van der Waals surface area contributed by atoms with Crippen LogP contribution in [0.5, 0.6) is 0 Å². The second-order valence-corrected chi connectivity index (χ2v) is 8.89. The Hall–Kier alpha value is -4.50. The van der Waals surface area contributed by atoms with Crippen molar-refractivity contribution in [1.29, 1.82) is 0 Å². The van der Waals surface area contributed by atoms with Gasteiger partial charge < -0.3 is 0 Å². The molecular weight excluding hydrogens is 426 g/mol. The third-order valence-corrected chi connectivity index (χ3v) is 6.61. The van der Waals surface area contributed by atoms with E-state index in [2.05, 4.69) is 139 Å². The Bertz CT molecular complexity index is 1590. The van der Waals surface area contributed by atoms with Gasteiger partial charge in [-0.05, 0) is 52.9 Å². The molecular formula is C32H26N3+. The van der Waals surface area contributed by atoms with Gasteiger partial charge in [0.25, 0.3) is 0 Å². The van der Waals surface area contributed by atoms with E-state index in [4.69, 9.17) is 4.98 Å². The van der Waals surface area contributed by atoms with Gasteiger partial charge in [0.2, 0.25) is 6.20 Å². The van der Waals surface area contributed by atoms with Gasteiger partial charge in [0, 0.05) is 5.56 Å². The Morgan fingerprint density at radius 1 is 0.686 bits per heavy atom. The largest absolute Gasteiger partial charge is 0.254 e. The number of benzene rings is 4. The summed E-state index contributed by atoms with van der Waals surface area (Å²) < 4.78 is 4.35. The first-order chi connectivity index (χ1) is 17.2. The normalized spacial score (nSPS) is 11.1. The number of rotatable bonds is 4. The van der Waals surface area contributed by atoms with Crippen molar-refractivity contribution in [2.45, 2.75) is 6.92 Å². The predicted molar refractivity (Wildman–Crippen MR) is 143 cm³/mol. The number of hydrogen-bond donors (Lipinski definition) is 0. The van der Waals surface area contributed by atoms with E-state index in [9.17, 15) is 0 Å². The maximum atomic E-state index is 5.05. The summed E-state index contributed by atoms with van der Waals surface area (Å²) >= 11 is 0. The van der Waals surface area contributed by atoms with Gasteiger partial charge in [0.05, 0.1) is 17.3 Å².